The number of amides is 1. The Balaban J connectivity index is 3.08. The maximum absolute atomic E-state index is 12.4. The van der Waals surface area contributed by atoms with E-state index in [1.54, 1.807) is 0 Å². The zero-order chi connectivity index (χ0) is 15.5. The fraction of sp³-hybridized carbons (Fsp3) is 0.364. The molecule has 1 aromatic carbocycles. The minimum absolute atomic E-state index is 0.0260. The number of sulfonamides is 1. The molecule has 0 spiro atoms. The van der Waals surface area contributed by atoms with Crippen LogP contribution >= 0.6 is 27.5 Å². The molecule has 0 radical (unpaired) electrons. The zero-order valence-corrected chi connectivity index (χ0v) is 14.1. The molecule has 0 saturated carbocycles. The van der Waals surface area contributed by atoms with Crippen LogP contribution in [0.1, 0.15) is 6.42 Å². The summed E-state index contributed by atoms with van der Waals surface area (Å²) in [5.41, 5.74) is 5.92. The Morgan fingerprint density at radius 3 is 2.65 bits per heavy atom. The molecule has 0 aliphatic heterocycles. The molecule has 0 aliphatic rings. The summed E-state index contributed by atoms with van der Waals surface area (Å²) in [5.74, 6) is -0.239. The molecule has 0 unspecified atom stereocenters. The van der Waals surface area contributed by atoms with Crippen LogP contribution in [0.4, 0.5) is 5.69 Å². The number of nitrogens with one attached hydrogen (secondary N) is 1. The van der Waals surface area contributed by atoms with E-state index in [0.717, 1.165) is 4.31 Å². The monoisotopic (exact) mass is 383 g/mol. The summed E-state index contributed by atoms with van der Waals surface area (Å²) in [6, 6.07) is 2.77. The number of anilines is 1. The summed E-state index contributed by atoms with van der Waals surface area (Å²) >= 11 is 8.98. The normalized spacial score (nSPS) is 11.7. The van der Waals surface area contributed by atoms with Crippen molar-refractivity contribution in [1.82, 2.24) is 9.62 Å². The summed E-state index contributed by atoms with van der Waals surface area (Å²) in [7, 11) is -0.895. The second-order valence-corrected chi connectivity index (χ2v) is 7.30. The highest BCUT2D eigenvalue weighted by Gasteiger charge is 2.25. The van der Waals surface area contributed by atoms with Crippen LogP contribution in [-0.4, -0.2) is 39.3 Å². The summed E-state index contributed by atoms with van der Waals surface area (Å²) < 4.78 is 26.2. The number of hydrogen-bond acceptors (Lipinski definition) is 4. The van der Waals surface area contributed by atoms with E-state index < -0.39 is 10.0 Å². The smallest absolute Gasteiger partial charge is 0.244 e. The van der Waals surface area contributed by atoms with Gasteiger partial charge in [0.05, 0.1) is 9.37 Å². The largest absolute Gasteiger partial charge is 0.398 e. The topological polar surface area (TPSA) is 92.5 Å². The molecule has 0 atom stereocenters. The quantitative estimate of drug-likeness (QED) is 0.751. The van der Waals surface area contributed by atoms with Crippen LogP contribution in [0, 0.1) is 0 Å². The maximum atomic E-state index is 12.4. The average Bonchev–Trinajstić information content (AvgIpc) is 2.39. The number of carbonyl (C=O) groups is 1. The average molecular weight is 385 g/mol. The van der Waals surface area contributed by atoms with Crippen molar-refractivity contribution in [3.05, 3.63) is 21.6 Å². The van der Waals surface area contributed by atoms with Gasteiger partial charge in [-0.3, -0.25) is 4.79 Å². The first-order chi connectivity index (χ1) is 9.20. The van der Waals surface area contributed by atoms with E-state index in [0.29, 0.717) is 0 Å². The van der Waals surface area contributed by atoms with Crippen LogP contribution in [0.3, 0.4) is 0 Å². The predicted octanol–water partition coefficient (Wildman–Crippen LogP) is 1.44. The Morgan fingerprint density at radius 2 is 2.10 bits per heavy atom. The second-order valence-electron chi connectivity index (χ2n) is 4.06. The van der Waals surface area contributed by atoms with Crippen LogP contribution in [0.15, 0.2) is 21.5 Å². The number of nitrogens with two attached hydrogens (primary N) is 1. The molecule has 6 nitrogen and oxygen atoms in total. The number of benzene rings is 1. The second kappa shape index (κ2) is 6.75. The van der Waals surface area contributed by atoms with Gasteiger partial charge >= 0.3 is 0 Å². The number of hydrogen-bond donors (Lipinski definition) is 2. The van der Waals surface area contributed by atoms with Gasteiger partial charge in [-0.2, -0.15) is 0 Å². The van der Waals surface area contributed by atoms with Gasteiger partial charge in [0.15, 0.2) is 0 Å². The molecule has 0 aliphatic carbocycles. The Morgan fingerprint density at radius 1 is 1.50 bits per heavy atom. The SMILES string of the molecule is CNC(=O)CCN(C)S(=O)(=O)c1cc(Cl)cc(N)c1Br. The molecule has 0 aromatic heterocycles. The van der Waals surface area contributed by atoms with Crippen LogP contribution < -0.4 is 11.1 Å². The van der Waals surface area contributed by atoms with Crippen molar-refractivity contribution >= 4 is 49.1 Å². The van der Waals surface area contributed by atoms with Crippen molar-refractivity contribution in [2.75, 3.05) is 26.4 Å². The van der Waals surface area contributed by atoms with Crippen molar-refractivity contribution in [3.63, 3.8) is 0 Å². The first-order valence-electron chi connectivity index (χ1n) is 5.61. The molecule has 0 bridgehead atoms. The van der Waals surface area contributed by atoms with Gasteiger partial charge in [-0.15, -0.1) is 0 Å². The number of carbonyl (C=O) groups excluding carboxylic acids is 1. The first kappa shape index (κ1) is 17.2. The Bertz CT molecular complexity index is 622. The highest BCUT2D eigenvalue weighted by molar-refractivity contribution is 9.10. The molecule has 0 fully saturated rings. The van der Waals surface area contributed by atoms with E-state index >= 15 is 0 Å². The van der Waals surface area contributed by atoms with Gasteiger partial charge in [0, 0.05) is 37.8 Å². The molecule has 0 saturated heterocycles. The third-order valence-electron chi connectivity index (χ3n) is 2.65. The van der Waals surface area contributed by atoms with Crippen molar-refractivity contribution in [2.45, 2.75) is 11.3 Å². The molecular formula is C11H15BrClN3O3S. The van der Waals surface area contributed by atoms with Gasteiger partial charge in [0.25, 0.3) is 0 Å². The fourth-order valence-corrected chi connectivity index (χ4v) is 3.87. The number of nitrogens with zero attached hydrogens (tertiary/aromatic N) is 1. The van der Waals surface area contributed by atoms with E-state index in [-0.39, 0.29) is 39.0 Å². The van der Waals surface area contributed by atoms with Crippen molar-refractivity contribution in [3.8, 4) is 0 Å². The van der Waals surface area contributed by atoms with Crippen LogP contribution in [0.25, 0.3) is 0 Å². The molecule has 3 N–H and O–H groups in total. The molecule has 1 amide bonds. The maximum Gasteiger partial charge on any atom is 0.244 e. The van der Waals surface area contributed by atoms with E-state index in [9.17, 15) is 13.2 Å². The highest BCUT2D eigenvalue weighted by Crippen LogP contribution is 2.32. The van der Waals surface area contributed by atoms with Gasteiger partial charge in [0.1, 0.15) is 0 Å². The van der Waals surface area contributed by atoms with Crippen molar-refractivity contribution in [1.29, 1.82) is 0 Å². The molecule has 20 heavy (non-hydrogen) atoms. The van der Waals surface area contributed by atoms with Gasteiger partial charge in [0.2, 0.25) is 15.9 Å². The minimum Gasteiger partial charge on any atom is -0.398 e. The molecule has 0 heterocycles. The summed E-state index contributed by atoms with van der Waals surface area (Å²) in [4.78, 5) is 11.1. The van der Waals surface area contributed by atoms with Crippen LogP contribution in [0.5, 0.6) is 0 Å². The van der Waals surface area contributed by atoms with Crippen molar-refractivity contribution < 1.29 is 13.2 Å². The Kier molecular flexibility index (Phi) is 5.81. The van der Waals surface area contributed by atoms with Gasteiger partial charge in [-0.25, -0.2) is 12.7 Å². The lowest BCUT2D eigenvalue weighted by Gasteiger charge is -2.18. The zero-order valence-electron chi connectivity index (χ0n) is 11.0. The Labute approximate surface area is 131 Å². The van der Waals surface area contributed by atoms with Gasteiger partial charge in [-0.1, -0.05) is 11.6 Å². The van der Waals surface area contributed by atoms with Crippen LogP contribution in [-0.2, 0) is 14.8 Å². The fourth-order valence-electron chi connectivity index (χ4n) is 1.44. The van der Waals surface area contributed by atoms with Gasteiger partial charge in [-0.05, 0) is 28.1 Å². The predicted molar refractivity (Wildman–Crippen MR) is 82.1 cm³/mol. The van der Waals surface area contributed by atoms with Crippen molar-refractivity contribution in [2.24, 2.45) is 0 Å². The Hall–Kier alpha value is -0.830. The minimum atomic E-state index is -3.78. The van der Waals surface area contributed by atoms with E-state index in [1.165, 1.54) is 26.2 Å². The lowest BCUT2D eigenvalue weighted by molar-refractivity contribution is -0.120. The molecule has 9 heteroatoms. The molecular weight excluding hydrogens is 370 g/mol. The molecule has 1 rings (SSSR count). The third-order valence-corrected chi connectivity index (χ3v) is 5.90. The highest BCUT2D eigenvalue weighted by atomic mass is 79.9. The standard InChI is InChI=1S/C11H15BrClN3O3S/c1-15-10(17)3-4-16(2)20(18,19)9-6-7(13)5-8(14)11(9)12/h5-6H,3-4,14H2,1-2H3,(H,15,17). The van der Waals surface area contributed by atoms with Gasteiger partial charge < -0.3 is 11.1 Å². The van der Waals surface area contributed by atoms with Crippen LogP contribution in [0.2, 0.25) is 5.02 Å². The van der Waals surface area contributed by atoms with E-state index in [1.807, 2.05) is 0 Å². The molecule has 1 aromatic rings. The number of nitrogen functional groups attached to an aromatic ring is 1. The number of rotatable bonds is 5. The lowest BCUT2D eigenvalue weighted by atomic mass is 10.3. The molecule has 112 valence electrons. The summed E-state index contributed by atoms with van der Waals surface area (Å²) in [6.07, 6.45) is 0.0693. The van der Waals surface area contributed by atoms with E-state index in [4.69, 9.17) is 17.3 Å². The lowest BCUT2D eigenvalue weighted by Crippen LogP contribution is -2.31. The summed E-state index contributed by atoms with van der Waals surface area (Å²) in [5, 5.41) is 2.66. The van der Waals surface area contributed by atoms with E-state index in [2.05, 4.69) is 21.2 Å². The number of halogens is 2. The summed E-state index contributed by atoms with van der Waals surface area (Å²) in [6.45, 7) is 0.0564. The first-order valence-corrected chi connectivity index (χ1v) is 8.22. The third kappa shape index (κ3) is 3.85.